The molecule has 1 heterocycles. The second kappa shape index (κ2) is 4.23. The Balaban J connectivity index is 2.31. The smallest absolute Gasteiger partial charge is 0.0615 e. The number of nitrogens with zero attached hydrogens (tertiary/aromatic N) is 2. The lowest BCUT2D eigenvalue weighted by molar-refractivity contribution is 1.17. The topological polar surface area (TPSA) is 42.2 Å². The van der Waals surface area contributed by atoms with Gasteiger partial charge in [-0.2, -0.15) is 0 Å². The average Bonchev–Trinajstić information content (AvgIpc) is 2.29. The molecule has 0 saturated heterocycles. The fourth-order valence-electron chi connectivity index (χ4n) is 1.55. The van der Waals surface area contributed by atoms with Gasteiger partial charge in [-0.25, -0.2) is 0 Å². The molecular formula is C13H15N3. The van der Waals surface area contributed by atoms with Crippen LogP contribution in [0.2, 0.25) is 0 Å². The first-order valence-corrected chi connectivity index (χ1v) is 5.18. The summed E-state index contributed by atoms with van der Waals surface area (Å²) in [5.74, 6) is 0. The van der Waals surface area contributed by atoms with E-state index >= 15 is 0 Å². The van der Waals surface area contributed by atoms with Gasteiger partial charge in [-0.3, -0.25) is 4.98 Å². The minimum absolute atomic E-state index is 0.677. The number of pyridine rings is 1. The SMILES string of the molecule is Cc1ccc(N(C)c2cncc(N)c2)cc1. The highest BCUT2D eigenvalue weighted by molar-refractivity contribution is 5.64. The average molecular weight is 213 g/mol. The maximum atomic E-state index is 5.71. The lowest BCUT2D eigenvalue weighted by atomic mass is 10.2. The van der Waals surface area contributed by atoms with Crippen LogP contribution in [0.5, 0.6) is 0 Å². The number of aromatic nitrogens is 1. The van der Waals surface area contributed by atoms with Crippen LogP contribution >= 0.6 is 0 Å². The second-order valence-corrected chi connectivity index (χ2v) is 3.87. The molecule has 2 aromatic rings. The number of anilines is 3. The van der Waals surface area contributed by atoms with Crippen LogP contribution in [0, 0.1) is 6.92 Å². The fourth-order valence-corrected chi connectivity index (χ4v) is 1.55. The van der Waals surface area contributed by atoms with Gasteiger partial charge >= 0.3 is 0 Å². The van der Waals surface area contributed by atoms with Crippen LogP contribution in [0.25, 0.3) is 0 Å². The first-order valence-electron chi connectivity index (χ1n) is 5.18. The van der Waals surface area contributed by atoms with Crippen LogP contribution in [0.4, 0.5) is 17.1 Å². The van der Waals surface area contributed by atoms with Gasteiger partial charge in [-0.05, 0) is 25.1 Å². The van der Waals surface area contributed by atoms with Gasteiger partial charge in [0.25, 0.3) is 0 Å². The highest BCUT2D eigenvalue weighted by atomic mass is 15.1. The largest absolute Gasteiger partial charge is 0.397 e. The summed E-state index contributed by atoms with van der Waals surface area (Å²) in [6.07, 6.45) is 3.45. The van der Waals surface area contributed by atoms with Gasteiger partial charge in [0.2, 0.25) is 0 Å². The summed E-state index contributed by atoms with van der Waals surface area (Å²) in [7, 11) is 2.00. The lowest BCUT2D eigenvalue weighted by Crippen LogP contribution is -2.09. The van der Waals surface area contributed by atoms with Crippen LogP contribution in [0.3, 0.4) is 0 Å². The molecule has 0 fully saturated rings. The maximum Gasteiger partial charge on any atom is 0.0615 e. The van der Waals surface area contributed by atoms with Crippen molar-refractivity contribution in [1.29, 1.82) is 0 Å². The summed E-state index contributed by atoms with van der Waals surface area (Å²) < 4.78 is 0. The van der Waals surface area contributed by atoms with Gasteiger partial charge in [-0.15, -0.1) is 0 Å². The lowest BCUT2D eigenvalue weighted by Gasteiger charge is -2.19. The van der Waals surface area contributed by atoms with Crippen molar-refractivity contribution in [2.45, 2.75) is 6.92 Å². The zero-order valence-electron chi connectivity index (χ0n) is 9.51. The Kier molecular flexibility index (Phi) is 2.77. The van der Waals surface area contributed by atoms with E-state index in [9.17, 15) is 0 Å². The molecule has 2 N–H and O–H groups in total. The van der Waals surface area contributed by atoms with Crippen molar-refractivity contribution in [3.05, 3.63) is 48.3 Å². The molecule has 0 bridgehead atoms. The summed E-state index contributed by atoms with van der Waals surface area (Å²) in [5, 5.41) is 0. The van der Waals surface area contributed by atoms with Crippen molar-refractivity contribution in [3.8, 4) is 0 Å². The Labute approximate surface area is 95.5 Å². The van der Waals surface area contributed by atoms with Crippen LogP contribution in [0.15, 0.2) is 42.7 Å². The van der Waals surface area contributed by atoms with Crippen molar-refractivity contribution in [2.24, 2.45) is 0 Å². The summed E-state index contributed by atoms with van der Waals surface area (Å²) in [6, 6.07) is 10.3. The zero-order chi connectivity index (χ0) is 11.5. The fraction of sp³-hybridized carbons (Fsp3) is 0.154. The van der Waals surface area contributed by atoms with Gasteiger partial charge in [-0.1, -0.05) is 17.7 Å². The van der Waals surface area contributed by atoms with E-state index in [1.807, 2.05) is 13.1 Å². The third-order valence-electron chi connectivity index (χ3n) is 2.55. The molecular weight excluding hydrogens is 198 g/mol. The van der Waals surface area contributed by atoms with Crippen LogP contribution in [-0.4, -0.2) is 12.0 Å². The van der Waals surface area contributed by atoms with Crippen LogP contribution in [0.1, 0.15) is 5.56 Å². The maximum absolute atomic E-state index is 5.71. The summed E-state index contributed by atoms with van der Waals surface area (Å²) >= 11 is 0. The highest BCUT2D eigenvalue weighted by Gasteiger charge is 2.03. The minimum atomic E-state index is 0.677. The van der Waals surface area contributed by atoms with Gasteiger partial charge in [0.1, 0.15) is 0 Å². The monoisotopic (exact) mass is 213 g/mol. The molecule has 0 atom stereocenters. The molecule has 0 radical (unpaired) electrons. The number of benzene rings is 1. The normalized spacial score (nSPS) is 10.1. The molecule has 1 aromatic carbocycles. The molecule has 0 aliphatic rings. The van der Waals surface area contributed by atoms with E-state index in [2.05, 4.69) is 41.1 Å². The molecule has 82 valence electrons. The number of hydrogen-bond acceptors (Lipinski definition) is 3. The molecule has 3 heteroatoms. The Morgan fingerprint density at radius 1 is 1.06 bits per heavy atom. The van der Waals surface area contributed by atoms with Crippen molar-refractivity contribution in [3.63, 3.8) is 0 Å². The molecule has 1 aromatic heterocycles. The number of nitrogen functional groups attached to an aromatic ring is 1. The first kappa shape index (κ1) is 10.5. The summed E-state index contributed by atoms with van der Waals surface area (Å²) in [5.41, 5.74) is 9.75. The van der Waals surface area contributed by atoms with Crippen LogP contribution in [-0.2, 0) is 0 Å². The van der Waals surface area contributed by atoms with Gasteiger partial charge in [0.15, 0.2) is 0 Å². The Bertz CT molecular complexity index is 477. The molecule has 0 amide bonds. The minimum Gasteiger partial charge on any atom is -0.397 e. The Morgan fingerprint density at radius 2 is 1.75 bits per heavy atom. The standard InChI is InChI=1S/C13H15N3/c1-10-3-5-12(6-4-10)16(2)13-7-11(14)8-15-9-13/h3-9H,14H2,1-2H3. The van der Waals surface area contributed by atoms with Gasteiger partial charge in [0.05, 0.1) is 17.6 Å². The molecule has 0 aliphatic carbocycles. The van der Waals surface area contributed by atoms with E-state index < -0.39 is 0 Å². The van der Waals surface area contributed by atoms with E-state index in [-0.39, 0.29) is 0 Å². The predicted octanol–water partition coefficient (Wildman–Crippen LogP) is 2.74. The molecule has 0 unspecified atom stereocenters. The van der Waals surface area contributed by atoms with Crippen molar-refractivity contribution >= 4 is 17.1 Å². The van der Waals surface area contributed by atoms with Crippen LogP contribution < -0.4 is 10.6 Å². The van der Waals surface area contributed by atoms with E-state index in [1.54, 1.807) is 12.4 Å². The third kappa shape index (κ3) is 2.14. The van der Waals surface area contributed by atoms with Gasteiger partial charge < -0.3 is 10.6 Å². The quantitative estimate of drug-likeness (QED) is 0.834. The summed E-state index contributed by atoms with van der Waals surface area (Å²) in [6.45, 7) is 2.08. The summed E-state index contributed by atoms with van der Waals surface area (Å²) in [4.78, 5) is 6.14. The van der Waals surface area contributed by atoms with E-state index in [0.717, 1.165) is 11.4 Å². The molecule has 0 saturated carbocycles. The van der Waals surface area contributed by atoms with Gasteiger partial charge in [0, 0.05) is 18.9 Å². The second-order valence-electron chi connectivity index (χ2n) is 3.87. The van der Waals surface area contributed by atoms with E-state index in [0.29, 0.717) is 5.69 Å². The number of nitrogens with two attached hydrogens (primary N) is 1. The number of rotatable bonds is 2. The number of aryl methyl sites for hydroxylation is 1. The number of hydrogen-bond donors (Lipinski definition) is 1. The molecule has 2 rings (SSSR count). The van der Waals surface area contributed by atoms with Crippen molar-refractivity contribution in [2.75, 3.05) is 17.7 Å². The zero-order valence-corrected chi connectivity index (χ0v) is 9.51. The third-order valence-corrected chi connectivity index (χ3v) is 2.55. The molecule has 3 nitrogen and oxygen atoms in total. The van der Waals surface area contributed by atoms with Crippen molar-refractivity contribution in [1.82, 2.24) is 4.98 Å². The first-order chi connectivity index (χ1) is 7.66. The molecule has 0 aliphatic heterocycles. The molecule has 16 heavy (non-hydrogen) atoms. The Morgan fingerprint density at radius 3 is 2.38 bits per heavy atom. The molecule has 0 spiro atoms. The van der Waals surface area contributed by atoms with E-state index in [1.165, 1.54) is 5.56 Å². The van der Waals surface area contributed by atoms with E-state index in [4.69, 9.17) is 5.73 Å². The highest BCUT2D eigenvalue weighted by Crippen LogP contribution is 2.23. The predicted molar refractivity (Wildman–Crippen MR) is 67.9 cm³/mol. The Hall–Kier alpha value is -2.03. The van der Waals surface area contributed by atoms with Crippen molar-refractivity contribution < 1.29 is 0 Å².